The molecule has 0 unspecified atom stereocenters. The number of carbonyl (C=O) groups excluding carboxylic acids is 2. The quantitative estimate of drug-likeness (QED) is 0.803. The molecule has 2 rings (SSSR count). The van der Waals surface area contributed by atoms with Crippen LogP contribution in [0.1, 0.15) is 40.7 Å². The Hall–Kier alpha value is -2.26. The number of hydrogen-bond donors (Lipinski definition) is 2. The van der Waals surface area contributed by atoms with E-state index in [9.17, 15) is 35.9 Å². The molecule has 0 bridgehead atoms. The number of benzene rings is 1. The standard InChI is InChI=1S/C15H14F6N2O2/c16-14(17,18)9-4-8(5-10(6-9)15(19,20)21)13(25)22-7-12(24)23-11-2-1-3-11/h4-6,11H,1-3,7H2,(H,22,25)(H,23,24). The first kappa shape index (κ1) is 19.1. The molecule has 1 aliphatic carbocycles. The Balaban J connectivity index is 2.13. The summed E-state index contributed by atoms with van der Waals surface area (Å²) in [5.74, 6) is -1.75. The van der Waals surface area contributed by atoms with Crippen LogP contribution in [-0.2, 0) is 17.1 Å². The van der Waals surface area contributed by atoms with Gasteiger partial charge in [-0.2, -0.15) is 26.3 Å². The predicted octanol–water partition coefficient (Wildman–Crippen LogP) is 3.12. The van der Waals surface area contributed by atoms with Gasteiger partial charge < -0.3 is 10.6 Å². The molecule has 25 heavy (non-hydrogen) atoms. The van der Waals surface area contributed by atoms with E-state index in [4.69, 9.17) is 0 Å². The summed E-state index contributed by atoms with van der Waals surface area (Å²) in [7, 11) is 0. The Labute approximate surface area is 138 Å². The summed E-state index contributed by atoms with van der Waals surface area (Å²) >= 11 is 0. The summed E-state index contributed by atoms with van der Waals surface area (Å²) in [4.78, 5) is 23.4. The molecule has 1 aromatic rings. The molecular formula is C15H14F6N2O2. The van der Waals surface area contributed by atoms with Crippen LogP contribution in [0.4, 0.5) is 26.3 Å². The average Bonchev–Trinajstić information content (AvgIpc) is 2.46. The van der Waals surface area contributed by atoms with Gasteiger partial charge in [-0.3, -0.25) is 9.59 Å². The lowest BCUT2D eigenvalue weighted by Gasteiger charge is -2.26. The van der Waals surface area contributed by atoms with Crippen molar-refractivity contribution in [2.75, 3.05) is 6.54 Å². The Kier molecular flexibility index (Phi) is 5.28. The summed E-state index contributed by atoms with van der Waals surface area (Å²) in [5, 5.41) is 4.60. The number of nitrogens with one attached hydrogen (secondary N) is 2. The first-order chi connectivity index (χ1) is 11.5. The Morgan fingerprint density at radius 2 is 1.48 bits per heavy atom. The highest BCUT2D eigenvalue weighted by Gasteiger charge is 2.37. The molecule has 4 nitrogen and oxygen atoms in total. The normalized spacial score (nSPS) is 15.4. The molecule has 10 heteroatoms. The van der Waals surface area contributed by atoms with Gasteiger partial charge in [-0.1, -0.05) is 0 Å². The van der Waals surface area contributed by atoms with Crippen molar-refractivity contribution in [2.45, 2.75) is 37.7 Å². The first-order valence-corrected chi connectivity index (χ1v) is 7.34. The number of amides is 2. The molecule has 0 aromatic heterocycles. The fourth-order valence-corrected chi connectivity index (χ4v) is 2.18. The number of carbonyl (C=O) groups is 2. The van der Waals surface area contributed by atoms with Crippen molar-refractivity contribution in [3.8, 4) is 0 Å². The summed E-state index contributed by atoms with van der Waals surface area (Å²) in [6.07, 6.45) is -7.54. The van der Waals surface area contributed by atoms with Gasteiger partial charge >= 0.3 is 12.4 Å². The molecule has 0 heterocycles. The van der Waals surface area contributed by atoms with E-state index in [0.29, 0.717) is 12.1 Å². The molecule has 2 N–H and O–H groups in total. The zero-order chi connectivity index (χ0) is 18.8. The summed E-state index contributed by atoms with van der Waals surface area (Å²) in [5.41, 5.74) is -4.00. The topological polar surface area (TPSA) is 58.2 Å². The Morgan fingerprint density at radius 3 is 1.88 bits per heavy atom. The molecule has 1 saturated carbocycles. The molecule has 0 saturated heterocycles. The highest BCUT2D eigenvalue weighted by molar-refractivity contribution is 5.96. The van der Waals surface area contributed by atoms with Gasteiger partial charge in [-0.15, -0.1) is 0 Å². The van der Waals surface area contributed by atoms with Crippen LogP contribution in [0.2, 0.25) is 0 Å². The van der Waals surface area contributed by atoms with E-state index < -0.39 is 47.4 Å². The first-order valence-electron chi connectivity index (χ1n) is 7.34. The second kappa shape index (κ2) is 6.93. The van der Waals surface area contributed by atoms with Gasteiger partial charge in [0, 0.05) is 11.6 Å². The van der Waals surface area contributed by atoms with E-state index in [1.807, 2.05) is 5.32 Å². The maximum absolute atomic E-state index is 12.7. The van der Waals surface area contributed by atoms with Gasteiger partial charge in [0.05, 0.1) is 17.7 Å². The number of hydrogen-bond acceptors (Lipinski definition) is 2. The number of alkyl halides is 6. The van der Waals surface area contributed by atoms with Crippen LogP contribution in [0, 0.1) is 0 Å². The van der Waals surface area contributed by atoms with Crippen molar-refractivity contribution < 1.29 is 35.9 Å². The van der Waals surface area contributed by atoms with Gasteiger partial charge in [0.15, 0.2) is 0 Å². The maximum atomic E-state index is 12.7. The van der Waals surface area contributed by atoms with Crippen molar-refractivity contribution >= 4 is 11.8 Å². The summed E-state index contributed by atoms with van der Waals surface area (Å²) in [6, 6.07) is 0.554. The van der Waals surface area contributed by atoms with Crippen molar-refractivity contribution in [1.82, 2.24) is 10.6 Å². The zero-order valence-corrected chi connectivity index (χ0v) is 12.7. The van der Waals surface area contributed by atoms with Crippen molar-refractivity contribution in [1.29, 1.82) is 0 Å². The average molecular weight is 368 g/mol. The molecule has 2 amide bonds. The van der Waals surface area contributed by atoms with Gasteiger partial charge in [-0.05, 0) is 37.5 Å². The van der Waals surface area contributed by atoms with Crippen LogP contribution in [0.25, 0.3) is 0 Å². The van der Waals surface area contributed by atoms with Crippen molar-refractivity contribution in [2.24, 2.45) is 0 Å². The number of halogens is 6. The van der Waals surface area contributed by atoms with Crippen molar-refractivity contribution in [3.05, 3.63) is 34.9 Å². The van der Waals surface area contributed by atoms with E-state index >= 15 is 0 Å². The molecule has 0 atom stereocenters. The van der Waals surface area contributed by atoms with Crippen LogP contribution >= 0.6 is 0 Å². The third kappa shape index (κ3) is 5.10. The van der Waals surface area contributed by atoms with E-state index in [1.165, 1.54) is 0 Å². The fourth-order valence-electron chi connectivity index (χ4n) is 2.18. The van der Waals surface area contributed by atoms with Crippen LogP contribution in [-0.4, -0.2) is 24.4 Å². The van der Waals surface area contributed by atoms with Gasteiger partial charge in [0.25, 0.3) is 5.91 Å². The van der Waals surface area contributed by atoms with E-state index in [0.717, 1.165) is 19.3 Å². The lowest BCUT2D eigenvalue weighted by Crippen LogP contribution is -2.44. The Bertz CT molecular complexity index is 633. The van der Waals surface area contributed by atoms with Crippen LogP contribution in [0.5, 0.6) is 0 Å². The van der Waals surface area contributed by atoms with Gasteiger partial charge in [-0.25, -0.2) is 0 Å². The van der Waals surface area contributed by atoms with E-state index in [2.05, 4.69) is 5.32 Å². The highest BCUT2D eigenvalue weighted by Crippen LogP contribution is 2.36. The second-order valence-corrected chi connectivity index (χ2v) is 5.67. The maximum Gasteiger partial charge on any atom is 0.416 e. The third-order valence-electron chi connectivity index (χ3n) is 3.73. The van der Waals surface area contributed by atoms with E-state index in [-0.39, 0.29) is 12.1 Å². The van der Waals surface area contributed by atoms with Crippen molar-refractivity contribution in [3.63, 3.8) is 0 Å². The van der Waals surface area contributed by atoms with E-state index in [1.54, 1.807) is 0 Å². The van der Waals surface area contributed by atoms with Gasteiger partial charge in [0.1, 0.15) is 0 Å². The second-order valence-electron chi connectivity index (χ2n) is 5.67. The van der Waals surface area contributed by atoms with Crippen LogP contribution < -0.4 is 10.6 Å². The molecular weight excluding hydrogens is 354 g/mol. The molecule has 1 aromatic carbocycles. The minimum absolute atomic E-state index is 0.00482. The molecule has 1 fully saturated rings. The minimum atomic E-state index is -5.04. The minimum Gasteiger partial charge on any atom is -0.352 e. The fraction of sp³-hybridized carbons (Fsp3) is 0.467. The molecule has 0 spiro atoms. The SMILES string of the molecule is O=C(CNC(=O)c1cc(C(F)(F)F)cc(C(F)(F)F)c1)NC1CCC1. The molecule has 1 aliphatic rings. The molecule has 0 aliphatic heterocycles. The lowest BCUT2D eigenvalue weighted by atomic mass is 9.93. The van der Waals surface area contributed by atoms with Crippen LogP contribution in [0.15, 0.2) is 18.2 Å². The van der Waals surface area contributed by atoms with Crippen LogP contribution in [0.3, 0.4) is 0 Å². The molecule has 138 valence electrons. The predicted molar refractivity (Wildman–Crippen MR) is 74.6 cm³/mol. The molecule has 0 radical (unpaired) electrons. The summed E-state index contributed by atoms with van der Waals surface area (Å²) in [6.45, 7) is -0.535. The monoisotopic (exact) mass is 368 g/mol. The largest absolute Gasteiger partial charge is 0.416 e. The zero-order valence-electron chi connectivity index (χ0n) is 12.7. The smallest absolute Gasteiger partial charge is 0.352 e. The number of rotatable bonds is 4. The highest BCUT2D eigenvalue weighted by atomic mass is 19.4. The lowest BCUT2D eigenvalue weighted by molar-refractivity contribution is -0.143. The Morgan fingerprint density at radius 1 is 0.960 bits per heavy atom. The van der Waals surface area contributed by atoms with Gasteiger partial charge in [0.2, 0.25) is 5.91 Å². The third-order valence-corrected chi connectivity index (χ3v) is 3.73. The summed E-state index contributed by atoms with van der Waals surface area (Å²) < 4.78 is 76.4.